The Hall–Kier alpha value is -1.06. The van der Waals surface area contributed by atoms with E-state index >= 15 is 0 Å². The predicted octanol–water partition coefficient (Wildman–Crippen LogP) is 3.24. The highest BCUT2D eigenvalue weighted by Crippen LogP contribution is 2.35. The van der Waals surface area contributed by atoms with Crippen LogP contribution in [0.3, 0.4) is 0 Å². The molecule has 2 aliphatic heterocycles. The Balaban J connectivity index is 1.70. The zero-order valence-electron chi connectivity index (χ0n) is 14.2. The van der Waals surface area contributed by atoms with Crippen LogP contribution < -0.4 is 10.5 Å². The van der Waals surface area contributed by atoms with Crippen LogP contribution in [0.15, 0.2) is 18.2 Å². The molecule has 1 aromatic rings. The van der Waals surface area contributed by atoms with Crippen molar-refractivity contribution < 1.29 is 4.74 Å². The number of nitrogens with zero attached hydrogens (tertiary/aromatic N) is 1. The van der Waals surface area contributed by atoms with Crippen LogP contribution in [0.5, 0.6) is 5.75 Å². The molecular weight excluding hydrogens is 272 g/mol. The van der Waals surface area contributed by atoms with E-state index in [1.54, 1.807) is 0 Å². The Bertz CT molecular complexity index is 506. The lowest BCUT2D eigenvalue weighted by atomic mass is 9.87. The zero-order valence-corrected chi connectivity index (χ0v) is 14.2. The first-order chi connectivity index (χ1) is 10.6. The number of hydrogen-bond acceptors (Lipinski definition) is 3. The van der Waals surface area contributed by atoms with Gasteiger partial charge in [0, 0.05) is 37.2 Å². The van der Waals surface area contributed by atoms with Crippen LogP contribution in [0.1, 0.15) is 44.4 Å². The van der Waals surface area contributed by atoms with Gasteiger partial charge in [0.1, 0.15) is 5.75 Å². The molecule has 22 heavy (non-hydrogen) atoms. The van der Waals surface area contributed by atoms with E-state index in [-0.39, 0.29) is 6.04 Å². The smallest absolute Gasteiger partial charge is 0.124 e. The van der Waals surface area contributed by atoms with Crippen molar-refractivity contribution in [3.63, 3.8) is 0 Å². The Kier molecular flexibility index (Phi) is 4.74. The summed E-state index contributed by atoms with van der Waals surface area (Å²) in [6.07, 6.45) is 2.40. The number of benzene rings is 1. The fraction of sp³-hybridized carbons (Fsp3) is 0.684. The van der Waals surface area contributed by atoms with Gasteiger partial charge in [0.15, 0.2) is 0 Å². The number of rotatable bonds is 3. The van der Waals surface area contributed by atoms with Crippen molar-refractivity contribution in [3.05, 3.63) is 29.3 Å². The molecule has 0 aromatic heterocycles. The van der Waals surface area contributed by atoms with Gasteiger partial charge in [-0.2, -0.15) is 0 Å². The third kappa shape index (κ3) is 3.31. The van der Waals surface area contributed by atoms with Gasteiger partial charge in [-0.3, -0.25) is 0 Å². The van der Waals surface area contributed by atoms with E-state index in [4.69, 9.17) is 10.5 Å². The number of ether oxygens (including phenoxy) is 1. The average molecular weight is 302 g/mol. The summed E-state index contributed by atoms with van der Waals surface area (Å²) in [7, 11) is 0. The van der Waals surface area contributed by atoms with Crippen LogP contribution in [0, 0.1) is 17.8 Å². The molecule has 0 bridgehead atoms. The first-order valence-corrected chi connectivity index (χ1v) is 8.80. The van der Waals surface area contributed by atoms with Crippen LogP contribution in [-0.2, 0) is 6.42 Å². The molecule has 122 valence electrons. The van der Waals surface area contributed by atoms with Crippen molar-refractivity contribution >= 4 is 0 Å². The second kappa shape index (κ2) is 6.59. The number of aryl methyl sites for hydroxylation is 1. The second-order valence-corrected chi connectivity index (χ2v) is 7.49. The van der Waals surface area contributed by atoms with Crippen molar-refractivity contribution in [1.29, 1.82) is 0 Å². The Morgan fingerprint density at radius 2 is 1.95 bits per heavy atom. The largest absolute Gasteiger partial charge is 0.493 e. The summed E-state index contributed by atoms with van der Waals surface area (Å²) in [5.74, 6) is 2.98. The minimum Gasteiger partial charge on any atom is -0.493 e. The highest BCUT2D eigenvalue weighted by atomic mass is 16.5. The van der Waals surface area contributed by atoms with Crippen LogP contribution in [-0.4, -0.2) is 31.1 Å². The van der Waals surface area contributed by atoms with Gasteiger partial charge in [0.2, 0.25) is 0 Å². The molecule has 1 saturated heterocycles. The fourth-order valence-corrected chi connectivity index (χ4v) is 4.20. The van der Waals surface area contributed by atoms with Crippen molar-refractivity contribution in [2.45, 2.75) is 39.7 Å². The molecule has 4 atom stereocenters. The molecule has 3 heteroatoms. The molecule has 2 aliphatic rings. The van der Waals surface area contributed by atoms with Gasteiger partial charge < -0.3 is 15.4 Å². The second-order valence-electron chi connectivity index (χ2n) is 7.49. The number of hydrogen-bond donors (Lipinski definition) is 1. The van der Waals surface area contributed by atoms with Crippen LogP contribution in [0.4, 0.5) is 0 Å². The normalized spacial score (nSPS) is 32.4. The molecule has 0 radical (unpaired) electrons. The Morgan fingerprint density at radius 3 is 2.64 bits per heavy atom. The summed E-state index contributed by atoms with van der Waals surface area (Å²) in [5, 5.41) is 0. The molecule has 0 spiro atoms. The molecule has 2 heterocycles. The summed E-state index contributed by atoms with van der Waals surface area (Å²) < 4.78 is 5.99. The monoisotopic (exact) mass is 302 g/mol. The Morgan fingerprint density at radius 1 is 1.23 bits per heavy atom. The van der Waals surface area contributed by atoms with Gasteiger partial charge in [-0.25, -0.2) is 0 Å². The number of piperidine rings is 1. The predicted molar refractivity (Wildman–Crippen MR) is 91.1 cm³/mol. The quantitative estimate of drug-likeness (QED) is 0.931. The maximum atomic E-state index is 6.59. The molecule has 0 saturated carbocycles. The van der Waals surface area contributed by atoms with Crippen molar-refractivity contribution in [1.82, 2.24) is 4.90 Å². The van der Waals surface area contributed by atoms with E-state index < -0.39 is 0 Å². The third-order valence-electron chi connectivity index (χ3n) is 5.24. The highest BCUT2D eigenvalue weighted by Gasteiger charge is 2.31. The molecule has 3 nitrogen and oxygen atoms in total. The van der Waals surface area contributed by atoms with Crippen molar-refractivity contribution in [3.8, 4) is 5.75 Å². The number of fused-ring (bicyclic) bond motifs is 1. The van der Waals surface area contributed by atoms with Crippen LogP contribution in [0.25, 0.3) is 0 Å². The average Bonchev–Trinajstić information content (AvgIpc) is 2.49. The SMILES string of the molecule is CCc1ccc2c(c1)C(N)C(CN1CC(C)CC(C)C1)CO2. The lowest BCUT2D eigenvalue weighted by molar-refractivity contribution is 0.0883. The molecule has 0 amide bonds. The minimum atomic E-state index is 0.0998. The van der Waals surface area contributed by atoms with E-state index in [0.29, 0.717) is 5.92 Å². The number of likely N-dealkylation sites (tertiary alicyclic amines) is 1. The van der Waals surface area contributed by atoms with Crippen molar-refractivity contribution in [2.75, 3.05) is 26.2 Å². The topological polar surface area (TPSA) is 38.5 Å². The molecule has 2 N–H and O–H groups in total. The van der Waals surface area contributed by atoms with Crippen LogP contribution >= 0.6 is 0 Å². The van der Waals surface area contributed by atoms with E-state index in [9.17, 15) is 0 Å². The number of nitrogens with two attached hydrogens (primary N) is 1. The highest BCUT2D eigenvalue weighted by molar-refractivity contribution is 5.41. The van der Waals surface area contributed by atoms with E-state index in [1.807, 2.05) is 0 Å². The fourth-order valence-electron chi connectivity index (χ4n) is 4.20. The minimum absolute atomic E-state index is 0.0998. The molecule has 4 unspecified atom stereocenters. The molecule has 1 aromatic carbocycles. The maximum Gasteiger partial charge on any atom is 0.124 e. The summed E-state index contributed by atoms with van der Waals surface area (Å²) >= 11 is 0. The standard InChI is InChI=1S/C19H30N2O/c1-4-15-5-6-18-17(8-15)19(20)16(12-22-18)11-21-9-13(2)7-14(3)10-21/h5-6,8,13-14,16,19H,4,7,9-12,20H2,1-3H3. The van der Waals surface area contributed by atoms with Crippen molar-refractivity contribution in [2.24, 2.45) is 23.5 Å². The van der Waals surface area contributed by atoms with Gasteiger partial charge in [-0.1, -0.05) is 32.9 Å². The first-order valence-electron chi connectivity index (χ1n) is 8.80. The van der Waals surface area contributed by atoms with Gasteiger partial charge in [-0.05, 0) is 36.3 Å². The molecule has 0 aliphatic carbocycles. The van der Waals surface area contributed by atoms with Gasteiger partial charge in [-0.15, -0.1) is 0 Å². The first kappa shape index (κ1) is 15.8. The van der Waals surface area contributed by atoms with E-state index in [2.05, 4.69) is 43.9 Å². The summed E-state index contributed by atoms with van der Waals surface area (Å²) in [6, 6.07) is 6.59. The molecular formula is C19H30N2O. The van der Waals surface area contributed by atoms with E-state index in [0.717, 1.165) is 37.2 Å². The van der Waals surface area contributed by atoms with Crippen LogP contribution in [0.2, 0.25) is 0 Å². The van der Waals surface area contributed by atoms with Gasteiger partial charge in [0.25, 0.3) is 0 Å². The van der Waals surface area contributed by atoms with Gasteiger partial charge >= 0.3 is 0 Å². The lowest BCUT2D eigenvalue weighted by Gasteiger charge is -2.39. The third-order valence-corrected chi connectivity index (χ3v) is 5.24. The summed E-state index contributed by atoms with van der Waals surface area (Å²) in [5.41, 5.74) is 9.14. The summed E-state index contributed by atoms with van der Waals surface area (Å²) in [6.45, 7) is 11.1. The Labute approximate surface area is 134 Å². The maximum absolute atomic E-state index is 6.59. The summed E-state index contributed by atoms with van der Waals surface area (Å²) in [4.78, 5) is 2.60. The van der Waals surface area contributed by atoms with E-state index in [1.165, 1.54) is 30.6 Å². The molecule has 3 rings (SSSR count). The lowest BCUT2D eigenvalue weighted by Crippen LogP contribution is -2.45. The zero-order chi connectivity index (χ0) is 15.7. The van der Waals surface area contributed by atoms with Gasteiger partial charge in [0.05, 0.1) is 6.61 Å². The molecule has 1 fully saturated rings.